The van der Waals surface area contributed by atoms with Gasteiger partial charge in [-0.3, -0.25) is 9.69 Å². The second-order valence-corrected chi connectivity index (χ2v) is 8.16. The summed E-state index contributed by atoms with van der Waals surface area (Å²) in [7, 11) is 0. The first-order valence-corrected chi connectivity index (χ1v) is 10.4. The van der Waals surface area contributed by atoms with Gasteiger partial charge in [-0.25, -0.2) is 15.0 Å². The molecule has 0 bridgehead atoms. The molecule has 0 saturated carbocycles. The summed E-state index contributed by atoms with van der Waals surface area (Å²) in [5.74, 6) is 0.977. The van der Waals surface area contributed by atoms with Gasteiger partial charge in [0.25, 0.3) is 5.91 Å². The maximum absolute atomic E-state index is 12.1. The molecule has 1 fully saturated rings. The summed E-state index contributed by atoms with van der Waals surface area (Å²) in [4.78, 5) is 27.5. The van der Waals surface area contributed by atoms with Crippen molar-refractivity contribution < 1.29 is 4.79 Å². The van der Waals surface area contributed by atoms with Crippen LogP contribution in [0.5, 0.6) is 0 Å². The van der Waals surface area contributed by atoms with Crippen LogP contribution in [0.4, 0.5) is 11.1 Å². The van der Waals surface area contributed by atoms with Gasteiger partial charge in [0.15, 0.2) is 5.13 Å². The number of nitriles is 1. The van der Waals surface area contributed by atoms with E-state index in [0.29, 0.717) is 41.7 Å². The van der Waals surface area contributed by atoms with Gasteiger partial charge in [-0.2, -0.15) is 5.26 Å². The van der Waals surface area contributed by atoms with Crippen LogP contribution in [0.1, 0.15) is 48.8 Å². The summed E-state index contributed by atoms with van der Waals surface area (Å²) in [6.45, 7) is 6.96. The Hall–Kier alpha value is -2.57. The minimum atomic E-state index is -0.174. The van der Waals surface area contributed by atoms with Crippen LogP contribution < -0.4 is 10.6 Å². The van der Waals surface area contributed by atoms with E-state index in [1.807, 2.05) is 19.9 Å². The molecule has 2 aromatic heterocycles. The van der Waals surface area contributed by atoms with E-state index >= 15 is 0 Å². The lowest BCUT2D eigenvalue weighted by Crippen LogP contribution is -2.34. The molecule has 1 saturated heterocycles. The number of likely N-dealkylation sites (tertiary alicyclic amines) is 1. The molecule has 2 aromatic rings. The lowest BCUT2D eigenvalue weighted by Gasteiger charge is -2.30. The number of anilines is 2. The van der Waals surface area contributed by atoms with Gasteiger partial charge in [0.2, 0.25) is 5.95 Å². The monoisotopic (exact) mass is 399 g/mol. The van der Waals surface area contributed by atoms with E-state index in [2.05, 4.69) is 36.6 Å². The summed E-state index contributed by atoms with van der Waals surface area (Å²) < 4.78 is 0. The van der Waals surface area contributed by atoms with Crippen molar-refractivity contribution >= 4 is 28.3 Å². The number of hydrogen-bond acceptors (Lipinski definition) is 8. The zero-order valence-corrected chi connectivity index (χ0v) is 17.0. The molecule has 1 amide bonds. The first-order valence-electron chi connectivity index (χ1n) is 9.48. The van der Waals surface area contributed by atoms with Crippen LogP contribution in [-0.2, 0) is 0 Å². The van der Waals surface area contributed by atoms with E-state index in [0.717, 1.165) is 31.6 Å². The summed E-state index contributed by atoms with van der Waals surface area (Å²) in [6, 6.07) is 4.15. The summed E-state index contributed by atoms with van der Waals surface area (Å²) >= 11 is 1.35. The number of carbonyl (C=O) groups is 1. The van der Waals surface area contributed by atoms with E-state index in [-0.39, 0.29) is 5.91 Å². The number of carbonyl (C=O) groups excluding carboxylic acids is 1. The van der Waals surface area contributed by atoms with Crippen molar-refractivity contribution in [1.29, 1.82) is 5.26 Å². The highest BCUT2D eigenvalue weighted by Crippen LogP contribution is 2.26. The van der Waals surface area contributed by atoms with Crippen LogP contribution in [0.15, 0.2) is 17.6 Å². The number of hydrogen-bond donors (Lipinski definition) is 2. The van der Waals surface area contributed by atoms with Gasteiger partial charge in [-0.05, 0) is 31.4 Å². The van der Waals surface area contributed by atoms with E-state index in [1.165, 1.54) is 11.3 Å². The standard InChI is InChI=1S/C19H25N7OS/c1-13(2)10-22-17(27)16-12-28-19(24-16)25-18-21-7-5-15(23-18)14-4-3-8-26(11-14)9-6-20/h5,7,12-14H,3-4,8-11H2,1-2H3,(H,22,27)(H,21,23,24,25)/t14-/m1/s1. The Morgan fingerprint density at radius 2 is 2.32 bits per heavy atom. The lowest BCUT2D eigenvalue weighted by atomic mass is 9.94. The molecule has 1 aliphatic rings. The Morgan fingerprint density at radius 1 is 1.46 bits per heavy atom. The predicted octanol–water partition coefficient (Wildman–Crippen LogP) is 2.77. The highest BCUT2D eigenvalue weighted by atomic mass is 32.1. The average Bonchev–Trinajstić information content (AvgIpc) is 3.15. The van der Waals surface area contributed by atoms with Gasteiger partial charge in [-0.1, -0.05) is 13.8 Å². The first kappa shape index (κ1) is 20.2. The van der Waals surface area contributed by atoms with Crippen LogP contribution in [0, 0.1) is 17.2 Å². The molecule has 28 heavy (non-hydrogen) atoms. The quantitative estimate of drug-likeness (QED) is 0.689. The molecule has 1 aliphatic heterocycles. The molecular weight excluding hydrogens is 374 g/mol. The van der Waals surface area contributed by atoms with Gasteiger partial charge >= 0.3 is 0 Å². The molecule has 0 aromatic carbocycles. The van der Waals surface area contributed by atoms with E-state index in [1.54, 1.807) is 11.6 Å². The number of nitrogens with one attached hydrogen (secondary N) is 2. The Balaban J connectivity index is 1.63. The molecule has 3 rings (SSSR count). The van der Waals surface area contributed by atoms with Crippen molar-refractivity contribution in [3.8, 4) is 6.07 Å². The zero-order valence-electron chi connectivity index (χ0n) is 16.2. The van der Waals surface area contributed by atoms with Gasteiger partial charge in [-0.15, -0.1) is 11.3 Å². The van der Waals surface area contributed by atoms with Crippen molar-refractivity contribution in [3.63, 3.8) is 0 Å². The van der Waals surface area contributed by atoms with Crippen LogP contribution in [-0.4, -0.2) is 51.9 Å². The van der Waals surface area contributed by atoms with Crippen molar-refractivity contribution in [2.45, 2.75) is 32.6 Å². The minimum absolute atomic E-state index is 0.174. The Bertz CT molecular complexity index is 845. The lowest BCUT2D eigenvalue weighted by molar-refractivity contribution is 0.0945. The molecule has 3 heterocycles. The summed E-state index contributed by atoms with van der Waals surface area (Å²) in [5, 5.41) is 17.2. The fourth-order valence-corrected chi connectivity index (χ4v) is 3.80. The van der Waals surface area contributed by atoms with Crippen LogP contribution in [0.2, 0.25) is 0 Å². The van der Waals surface area contributed by atoms with Crippen molar-refractivity contribution in [3.05, 3.63) is 29.0 Å². The second kappa shape index (κ2) is 9.57. The molecular formula is C19H25N7OS. The number of thiazole rings is 1. The molecule has 0 unspecified atom stereocenters. The normalized spacial score (nSPS) is 17.3. The van der Waals surface area contributed by atoms with E-state index in [4.69, 9.17) is 5.26 Å². The van der Waals surface area contributed by atoms with Crippen molar-refractivity contribution in [1.82, 2.24) is 25.2 Å². The third-order valence-corrected chi connectivity index (χ3v) is 5.28. The minimum Gasteiger partial charge on any atom is -0.350 e. The fraction of sp³-hybridized carbons (Fsp3) is 0.526. The zero-order chi connectivity index (χ0) is 19.9. The number of nitrogens with zero attached hydrogens (tertiary/aromatic N) is 5. The van der Waals surface area contributed by atoms with Gasteiger partial charge in [0.1, 0.15) is 5.69 Å². The van der Waals surface area contributed by atoms with Crippen LogP contribution in [0.3, 0.4) is 0 Å². The predicted molar refractivity (Wildman–Crippen MR) is 109 cm³/mol. The fourth-order valence-electron chi connectivity index (χ4n) is 3.12. The number of amides is 1. The Labute approximate surface area is 169 Å². The smallest absolute Gasteiger partial charge is 0.270 e. The van der Waals surface area contributed by atoms with Crippen LogP contribution >= 0.6 is 11.3 Å². The topological polar surface area (TPSA) is 107 Å². The molecule has 148 valence electrons. The molecule has 0 aliphatic carbocycles. The van der Waals surface area contributed by atoms with E-state index in [9.17, 15) is 4.79 Å². The highest BCUT2D eigenvalue weighted by molar-refractivity contribution is 7.14. The summed E-state index contributed by atoms with van der Waals surface area (Å²) in [6.07, 6.45) is 3.84. The molecule has 2 N–H and O–H groups in total. The SMILES string of the molecule is CC(C)CNC(=O)c1csc(Nc2nccc([C@@H]3CCCN(CC#N)C3)n2)n1. The maximum Gasteiger partial charge on any atom is 0.270 e. The molecule has 9 heteroatoms. The number of piperidine rings is 1. The second-order valence-electron chi connectivity index (χ2n) is 7.30. The van der Waals surface area contributed by atoms with Gasteiger partial charge in [0, 0.05) is 30.6 Å². The molecule has 1 atom stereocenters. The van der Waals surface area contributed by atoms with Gasteiger partial charge < -0.3 is 10.6 Å². The van der Waals surface area contributed by atoms with Gasteiger partial charge in [0.05, 0.1) is 18.3 Å². The maximum atomic E-state index is 12.1. The first-order chi connectivity index (χ1) is 13.5. The highest BCUT2D eigenvalue weighted by Gasteiger charge is 2.22. The Morgan fingerprint density at radius 3 is 3.11 bits per heavy atom. The third kappa shape index (κ3) is 5.47. The number of rotatable bonds is 7. The van der Waals surface area contributed by atoms with E-state index < -0.39 is 0 Å². The van der Waals surface area contributed by atoms with Crippen molar-refractivity contribution in [2.24, 2.45) is 5.92 Å². The van der Waals surface area contributed by atoms with Crippen LogP contribution in [0.25, 0.3) is 0 Å². The number of aromatic nitrogens is 3. The molecule has 0 spiro atoms. The van der Waals surface area contributed by atoms with Crippen molar-refractivity contribution in [2.75, 3.05) is 31.5 Å². The average molecular weight is 400 g/mol. The third-order valence-electron chi connectivity index (χ3n) is 4.52. The molecule has 8 nitrogen and oxygen atoms in total. The summed E-state index contributed by atoms with van der Waals surface area (Å²) in [5.41, 5.74) is 1.36. The molecule has 0 radical (unpaired) electrons. The largest absolute Gasteiger partial charge is 0.350 e. The Kier molecular flexibility index (Phi) is 6.90.